The summed E-state index contributed by atoms with van der Waals surface area (Å²) in [6, 6.07) is 6.15. The van der Waals surface area contributed by atoms with Crippen molar-refractivity contribution in [3.05, 3.63) is 41.2 Å². The van der Waals surface area contributed by atoms with Gasteiger partial charge in [-0.15, -0.1) is 0 Å². The molecular formula is C22H28ClN5O5. The van der Waals surface area contributed by atoms with Crippen LogP contribution < -0.4 is 10.1 Å². The van der Waals surface area contributed by atoms with E-state index in [0.717, 1.165) is 0 Å². The van der Waals surface area contributed by atoms with E-state index in [1.807, 2.05) is 0 Å². The van der Waals surface area contributed by atoms with Crippen molar-refractivity contribution >= 4 is 35.2 Å². The van der Waals surface area contributed by atoms with E-state index in [1.54, 1.807) is 61.0 Å². The van der Waals surface area contributed by atoms with E-state index in [4.69, 9.17) is 21.1 Å². The molecule has 2 heterocycles. The molecule has 10 nitrogen and oxygen atoms in total. The van der Waals surface area contributed by atoms with Gasteiger partial charge in [0.25, 0.3) is 5.91 Å². The van der Waals surface area contributed by atoms with Gasteiger partial charge in [-0.05, 0) is 45.0 Å². The number of aromatic nitrogens is 2. The molecule has 1 aromatic carbocycles. The third kappa shape index (κ3) is 6.38. The third-order valence-corrected chi connectivity index (χ3v) is 5.50. The Kier molecular flexibility index (Phi) is 8.16. The van der Waals surface area contributed by atoms with Crippen molar-refractivity contribution in [1.82, 2.24) is 19.6 Å². The van der Waals surface area contributed by atoms with Crippen LogP contribution in [0, 0.1) is 6.92 Å². The van der Waals surface area contributed by atoms with E-state index < -0.39 is 6.04 Å². The molecule has 1 aliphatic heterocycles. The fourth-order valence-electron chi connectivity index (χ4n) is 3.37. The van der Waals surface area contributed by atoms with Crippen LogP contribution in [0.5, 0.6) is 5.75 Å². The normalized spacial score (nSPS) is 14.5. The molecule has 3 rings (SSSR count). The average Bonchev–Trinajstić information content (AvgIpc) is 3.18. The number of aryl methyl sites for hydroxylation is 1. The van der Waals surface area contributed by atoms with Gasteiger partial charge in [0, 0.05) is 37.4 Å². The number of amides is 3. The summed E-state index contributed by atoms with van der Waals surface area (Å²) in [6.07, 6.45) is 1.27. The summed E-state index contributed by atoms with van der Waals surface area (Å²) in [6.45, 7) is 7.10. The monoisotopic (exact) mass is 477 g/mol. The Morgan fingerprint density at radius 2 is 1.76 bits per heavy atom. The molecule has 1 atom stereocenters. The number of nitrogens with zero attached hydrogens (tertiary/aromatic N) is 4. The number of rotatable bonds is 7. The van der Waals surface area contributed by atoms with Crippen LogP contribution in [0.3, 0.4) is 0 Å². The van der Waals surface area contributed by atoms with Crippen LogP contribution in [0.2, 0.25) is 5.02 Å². The Bertz CT molecular complexity index is 986. The number of nitrogens with one attached hydrogen (secondary N) is 1. The van der Waals surface area contributed by atoms with Crippen LogP contribution in [0.25, 0.3) is 0 Å². The maximum Gasteiger partial charge on any atom is 0.409 e. The quantitative estimate of drug-likeness (QED) is 0.657. The van der Waals surface area contributed by atoms with Gasteiger partial charge in [0.1, 0.15) is 11.8 Å². The van der Waals surface area contributed by atoms with Crippen LogP contribution in [-0.4, -0.2) is 76.9 Å². The van der Waals surface area contributed by atoms with Crippen molar-refractivity contribution < 1.29 is 23.9 Å². The molecule has 0 saturated carbocycles. The highest BCUT2D eigenvalue weighted by Crippen LogP contribution is 2.19. The summed E-state index contributed by atoms with van der Waals surface area (Å²) in [5, 5.41) is 7.73. The van der Waals surface area contributed by atoms with Gasteiger partial charge in [-0.25, -0.2) is 4.79 Å². The first-order valence-corrected chi connectivity index (χ1v) is 11.1. The molecule has 2 aromatic rings. The molecule has 1 fully saturated rings. The molecule has 178 valence electrons. The van der Waals surface area contributed by atoms with E-state index in [-0.39, 0.29) is 24.5 Å². The molecule has 1 saturated heterocycles. The van der Waals surface area contributed by atoms with Crippen LogP contribution in [0.1, 0.15) is 25.6 Å². The zero-order valence-electron chi connectivity index (χ0n) is 18.9. The van der Waals surface area contributed by atoms with Gasteiger partial charge in [0.15, 0.2) is 6.61 Å². The average molecular weight is 478 g/mol. The Morgan fingerprint density at radius 3 is 2.39 bits per heavy atom. The summed E-state index contributed by atoms with van der Waals surface area (Å²) in [5.41, 5.74) is 1.09. The lowest BCUT2D eigenvalue weighted by Crippen LogP contribution is -2.52. The van der Waals surface area contributed by atoms with Gasteiger partial charge >= 0.3 is 6.09 Å². The second kappa shape index (κ2) is 11.0. The number of anilines is 1. The standard InChI is InChI=1S/C22H28ClN5O5/c1-4-32-22(31)27-11-9-26(10-12-27)21(30)16(3)28-13-19(15(2)25-28)24-20(29)14-33-18-7-5-17(23)6-8-18/h5-8,13,16H,4,9-12,14H2,1-3H3,(H,24,29). The third-order valence-electron chi connectivity index (χ3n) is 5.25. The van der Waals surface area contributed by atoms with E-state index in [9.17, 15) is 14.4 Å². The number of hydrogen-bond donors (Lipinski definition) is 1. The molecule has 0 aliphatic carbocycles. The van der Waals surface area contributed by atoms with Gasteiger partial charge < -0.3 is 24.6 Å². The van der Waals surface area contributed by atoms with Crippen molar-refractivity contribution in [2.24, 2.45) is 0 Å². The Balaban J connectivity index is 1.53. The number of piperazine rings is 1. The number of ether oxygens (including phenoxy) is 2. The highest BCUT2D eigenvalue weighted by atomic mass is 35.5. The van der Waals surface area contributed by atoms with Crippen molar-refractivity contribution in [2.45, 2.75) is 26.8 Å². The van der Waals surface area contributed by atoms with Crippen LogP contribution in [0.4, 0.5) is 10.5 Å². The first kappa shape index (κ1) is 24.4. The summed E-state index contributed by atoms with van der Waals surface area (Å²) in [7, 11) is 0. The van der Waals surface area contributed by atoms with Gasteiger partial charge in [0.05, 0.1) is 18.0 Å². The lowest BCUT2D eigenvalue weighted by molar-refractivity contribution is -0.136. The summed E-state index contributed by atoms with van der Waals surface area (Å²) in [4.78, 5) is 40.4. The van der Waals surface area contributed by atoms with Crippen molar-refractivity contribution in [3.8, 4) is 5.75 Å². The molecular weight excluding hydrogens is 450 g/mol. The smallest absolute Gasteiger partial charge is 0.409 e. The number of hydrogen-bond acceptors (Lipinski definition) is 6. The predicted octanol–water partition coefficient (Wildman–Crippen LogP) is 2.72. The Morgan fingerprint density at radius 1 is 1.12 bits per heavy atom. The van der Waals surface area contributed by atoms with E-state index in [1.165, 1.54) is 4.68 Å². The first-order chi connectivity index (χ1) is 15.8. The number of benzene rings is 1. The van der Waals surface area contributed by atoms with Crippen molar-refractivity contribution in [3.63, 3.8) is 0 Å². The molecule has 0 bridgehead atoms. The molecule has 1 N–H and O–H groups in total. The summed E-state index contributed by atoms with van der Waals surface area (Å²) < 4.78 is 12.0. The van der Waals surface area contributed by atoms with E-state index in [2.05, 4.69) is 10.4 Å². The van der Waals surface area contributed by atoms with E-state index >= 15 is 0 Å². The Labute approximate surface area is 197 Å². The number of halogens is 1. The fourth-order valence-corrected chi connectivity index (χ4v) is 3.50. The minimum absolute atomic E-state index is 0.107. The first-order valence-electron chi connectivity index (χ1n) is 10.7. The minimum atomic E-state index is -0.561. The SMILES string of the molecule is CCOC(=O)N1CCN(C(=O)C(C)n2cc(NC(=O)COc3ccc(Cl)cc3)c(C)n2)CC1. The zero-order chi connectivity index (χ0) is 24.0. The molecule has 3 amide bonds. The molecule has 1 aliphatic rings. The number of carbonyl (C=O) groups excluding carboxylic acids is 3. The largest absolute Gasteiger partial charge is 0.484 e. The zero-order valence-corrected chi connectivity index (χ0v) is 19.7. The van der Waals surface area contributed by atoms with Gasteiger partial charge in [-0.1, -0.05) is 11.6 Å². The highest BCUT2D eigenvalue weighted by molar-refractivity contribution is 6.30. The lowest BCUT2D eigenvalue weighted by Gasteiger charge is -2.35. The maximum absolute atomic E-state index is 12.9. The molecule has 1 aromatic heterocycles. The van der Waals surface area contributed by atoms with Crippen LogP contribution in [-0.2, 0) is 14.3 Å². The molecule has 0 spiro atoms. The van der Waals surface area contributed by atoms with Crippen LogP contribution in [0.15, 0.2) is 30.5 Å². The van der Waals surface area contributed by atoms with E-state index in [0.29, 0.717) is 54.9 Å². The summed E-state index contributed by atoms with van der Waals surface area (Å²) in [5.74, 6) is 0.0795. The second-order valence-corrected chi connectivity index (χ2v) is 8.02. The van der Waals surface area contributed by atoms with Gasteiger partial charge in [0.2, 0.25) is 5.91 Å². The second-order valence-electron chi connectivity index (χ2n) is 7.59. The number of carbonyl (C=O) groups is 3. The molecule has 0 radical (unpaired) electrons. The highest BCUT2D eigenvalue weighted by Gasteiger charge is 2.29. The Hall–Kier alpha value is -3.27. The lowest BCUT2D eigenvalue weighted by atomic mass is 10.2. The molecule has 33 heavy (non-hydrogen) atoms. The minimum Gasteiger partial charge on any atom is -0.484 e. The molecule has 1 unspecified atom stereocenters. The van der Waals surface area contributed by atoms with Crippen LogP contribution >= 0.6 is 11.6 Å². The van der Waals surface area contributed by atoms with Crippen molar-refractivity contribution in [1.29, 1.82) is 0 Å². The fraction of sp³-hybridized carbons (Fsp3) is 0.455. The van der Waals surface area contributed by atoms with Gasteiger partial charge in [-0.3, -0.25) is 14.3 Å². The maximum atomic E-state index is 12.9. The topological polar surface area (TPSA) is 106 Å². The van der Waals surface area contributed by atoms with Gasteiger partial charge in [-0.2, -0.15) is 5.10 Å². The van der Waals surface area contributed by atoms with Crippen molar-refractivity contribution in [2.75, 3.05) is 44.7 Å². The summed E-state index contributed by atoms with van der Waals surface area (Å²) >= 11 is 5.84. The molecule has 11 heteroatoms. The predicted molar refractivity (Wildman–Crippen MR) is 122 cm³/mol.